The van der Waals surface area contributed by atoms with Gasteiger partial charge in [0.25, 0.3) is 0 Å². The lowest BCUT2D eigenvalue weighted by Crippen LogP contribution is -2.45. The van der Waals surface area contributed by atoms with Crippen molar-refractivity contribution in [3.63, 3.8) is 0 Å². The van der Waals surface area contributed by atoms with Gasteiger partial charge in [-0.1, -0.05) is 17.7 Å². The molecule has 3 rings (SSSR count). The zero-order valence-corrected chi connectivity index (χ0v) is 12.8. The third-order valence-corrected chi connectivity index (χ3v) is 3.85. The van der Waals surface area contributed by atoms with Crippen LogP contribution >= 0.6 is 11.6 Å². The molecule has 0 radical (unpaired) electrons. The van der Waals surface area contributed by atoms with Gasteiger partial charge in [0.15, 0.2) is 5.75 Å². The zero-order chi connectivity index (χ0) is 16.2. The van der Waals surface area contributed by atoms with Gasteiger partial charge in [-0.2, -0.15) is 5.10 Å². The fourth-order valence-corrected chi connectivity index (χ4v) is 2.59. The summed E-state index contributed by atoms with van der Waals surface area (Å²) in [7, 11) is 0. The Morgan fingerprint density at radius 1 is 1.52 bits per heavy atom. The quantitative estimate of drug-likeness (QED) is 0.869. The number of nitrogens with zero attached hydrogens (tertiary/aromatic N) is 1. The molecule has 1 amide bonds. The van der Waals surface area contributed by atoms with Crippen LogP contribution in [0, 0.1) is 5.82 Å². The lowest BCUT2D eigenvalue weighted by atomic mass is 10.1. The Balaban J connectivity index is 1.58. The summed E-state index contributed by atoms with van der Waals surface area (Å²) in [4.78, 5) is 12.2. The maximum Gasteiger partial charge on any atom is 0.224 e. The smallest absolute Gasteiger partial charge is 0.224 e. The molecular weight excluding hydrogens is 325 g/mol. The number of amides is 1. The van der Waals surface area contributed by atoms with Crippen LogP contribution in [0.4, 0.5) is 4.39 Å². The van der Waals surface area contributed by atoms with Crippen LogP contribution in [-0.2, 0) is 16.0 Å². The van der Waals surface area contributed by atoms with Crippen molar-refractivity contribution in [2.75, 3.05) is 13.2 Å². The molecule has 1 saturated heterocycles. The second-order valence-electron chi connectivity index (χ2n) is 5.21. The van der Waals surface area contributed by atoms with E-state index in [1.807, 2.05) is 0 Å². The summed E-state index contributed by atoms with van der Waals surface area (Å²) in [6.45, 7) is 0.749. The van der Waals surface area contributed by atoms with E-state index in [4.69, 9.17) is 21.1 Å². The topological polar surface area (TPSA) is 76.2 Å². The second kappa shape index (κ2) is 6.97. The van der Waals surface area contributed by atoms with Gasteiger partial charge in [0, 0.05) is 5.02 Å². The molecule has 1 aliphatic rings. The molecule has 1 fully saturated rings. The summed E-state index contributed by atoms with van der Waals surface area (Å²) in [5.74, 6) is -0.0759. The average molecular weight is 340 g/mol. The highest BCUT2D eigenvalue weighted by Crippen LogP contribution is 2.19. The predicted molar refractivity (Wildman–Crippen MR) is 80.9 cm³/mol. The first-order valence-electron chi connectivity index (χ1n) is 7.08. The Bertz CT molecular complexity index is 681. The third-order valence-electron chi connectivity index (χ3n) is 3.50. The van der Waals surface area contributed by atoms with Crippen molar-refractivity contribution >= 4 is 17.5 Å². The minimum atomic E-state index is -0.433. The van der Waals surface area contributed by atoms with Crippen molar-refractivity contribution < 1.29 is 18.7 Å². The number of aromatic nitrogens is 2. The van der Waals surface area contributed by atoms with Crippen LogP contribution in [0.5, 0.6) is 5.75 Å². The molecule has 0 aliphatic carbocycles. The number of aromatic amines is 1. The molecule has 2 N–H and O–H groups in total. The molecule has 1 aromatic heterocycles. The van der Waals surface area contributed by atoms with Crippen molar-refractivity contribution in [3.05, 3.63) is 47.0 Å². The van der Waals surface area contributed by atoms with Gasteiger partial charge in [0.1, 0.15) is 11.9 Å². The molecule has 8 heteroatoms. The Morgan fingerprint density at radius 2 is 2.39 bits per heavy atom. The van der Waals surface area contributed by atoms with Gasteiger partial charge < -0.3 is 14.8 Å². The van der Waals surface area contributed by atoms with Crippen molar-refractivity contribution in [2.24, 2.45) is 0 Å². The number of ether oxygens (including phenoxy) is 2. The fourth-order valence-electron chi connectivity index (χ4n) is 2.36. The summed E-state index contributed by atoms with van der Waals surface area (Å²) < 4.78 is 24.1. The second-order valence-corrected chi connectivity index (χ2v) is 5.62. The number of carbonyl (C=O) groups excluding carboxylic acids is 1. The molecule has 6 nitrogen and oxygen atoms in total. The van der Waals surface area contributed by atoms with Gasteiger partial charge in [0.2, 0.25) is 5.91 Å². The molecule has 2 atom stereocenters. The van der Waals surface area contributed by atoms with Crippen LogP contribution in [0.2, 0.25) is 5.02 Å². The molecule has 122 valence electrons. The Kier molecular flexibility index (Phi) is 4.78. The molecule has 23 heavy (non-hydrogen) atoms. The summed E-state index contributed by atoms with van der Waals surface area (Å²) in [6, 6.07) is 3.70. The molecule has 2 aromatic rings. The lowest BCUT2D eigenvalue weighted by Gasteiger charge is -2.19. The number of nitrogens with one attached hydrogen (secondary N) is 2. The summed E-state index contributed by atoms with van der Waals surface area (Å²) in [5.41, 5.74) is 0.566. The zero-order valence-electron chi connectivity index (χ0n) is 12.1. The average Bonchev–Trinajstić information content (AvgIpc) is 3.15. The van der Waals surface area contributed by atoms with E-state index in [0.717, 1.165) is 0 Å². The highest BCUT2D eigenvalue weighted by atomic mass is 35.5. The minimum Gasteiger partial charge on any atom is -0.482 e. The van der Waals surface area contributed by atoms with E-state index < -0.39 is 5.82 Å². The highest BCUT2D eigenvalue weighted by molar-refractivity contribution is 6.31. The number of benzene rings is 1. The monoisotopic (exact) mass is 339 g/mol. The Morgan fingerprint density at radius 3 is 3.13 bits per heavy atom. The van der Waals surface area contributed by atoms with E-state index in [9.17, 15) is 9.18 Å². The Hall–Kier alpha value is -2.12. The maximum atomic E-state index is 13.0. The van der Waals surface area contributed by atoms with Crippen molar-refractivity contribution in [1.29, 1.82) is 0 Å². The number of rotatable bonds is 5. The molecule has 0 saturated carbocycles. The lowest BCUT2D eigenvalue weighted by molar-refractivity contribution is -0.121. The number of hydrogen-bond acceptors (Lipinski definition) is 4. The van der Waals surface area contributed by atoms with Crippen molar-refractivity contribution in [3.8, 4) is 5.75 Å². The predicted octanol–water partition coefficient (Wildman–Crippen LogP) is 1.71. The number of halogens is 2. The number of H-pyrrole nitrogens is 1. The normalized spacial score (nSPS) is 20.4. The summed E-state index contributed by atoms with van der Waals surface area (Å²) in [5, 5.41) is 9.54. The maximum absolute atomic E-state index is 13.0. The van der Waals surface area contributed by atoms with Gasteiger partial charge in [-0.25, -0.2) is 4.39 Å². The molecule has 2 heterocycles. The van der Waals surface area contributed by atoms with Gasteiger partial charge in [-0.05, 0) is 17.7 Å². The van der Waals surface area contributed by atoms with Crippen LogP contribution in [0.1, 0.15) is 5.56 Å². The van der Waals surface area contributed by atoms with Crippen LogP contribution in [0.15, 0.2) is 30.6 Å². The van der Waals surface area contributed by atoms with Gasteiger partial charge >= 0.3 is 0 Å². The van der Waals surface area contributed by atoms with Crippen molar-refractivity contribution in [1.82, 2.24) is 15.5 Å². The van der Waals surface area contributed by atoms with Crippen LogP contribution in [0.3, 0.4) is 0 Å². The Labute approximate surface area is 136 Å². The van der Waals surface area contributed by atoms with Gasteiger partial charge in [0.05, 0.1) is 38.1 Å². The van der Waals surface area contributed by atoms with E-state index in [2.05, 4.69) is 15.5 Å². The fraction of sp³-hybridized carbons (Fsp3) is 0.333. The van der Waals surface area contributed by atoms with Gasteiger partial charge in [-0.15, -0.1) is 0 Å². The summed E-state index contributed by atoms with van der Waals surface area (Å²) in [6.07, 6.45) is 2.94. The molecule has 0 bridgehead atoms. The number of hydrogen-bond donors (Lipinski definition) is 2. The molecule has 0 unspecified atom stereocenters. The largest absolute Gasteiger partial charge is 0.482 e. The first kappa shape index (κ1) is 15.8. The SMILES string of the molecule is O=C(Cc1ccc(F)cc1Cl)N[C@H]1COC[C@H]1Oc1cn[nH]c1. The molecular formula is C15H15ClFN3O3. The van der Waals surface area contributed by atoms with Crippen LogP contribution in [0.25, 0.3) is 0 Å². The van der Waals surface area contributed by atoms with Crippen molar-refractivity contribution in [2.45, 2.75) is 18.6 Å². The summed E-state index contributed by atoms with van der Waals surface area (Å²) >= 11 is 5.93. The van der Waals surface area contributed by atoms with Crippen LogP contribution < -0.4 is 10.1 Å². The highest BCUT2D eigenvalue weighted by Gasteiger charge is 2.31. The number of carbonyl (C=O) groups is 1. The van der Waals surface area contributed by atoms with E-state index in [1.165, 1.54) is 18.2 Å². The molecule has 1 aliphatic heterocycles. The molecule has 0 spiro atoms. The van der Waals surface area contributed by atoms with E-state index in [1.54, 1.807) is 12.4 Å². The van der Waals surface area contributed by atoms with Crippen LogP contribution in [-0.4, -0.2) is 41.5 Å². The standard InChI is InChI=1S/C15H15ClFN3O3/c16-12-4-10(17)2-1-9(12)3-15(21)20-13-7-22-8-14(13)23-11-5-18-19-6-11/h1-2,4-6,13-14H,3,7-8H2,(H,18,19)(H,20,21)/t13-,14+/m0/s1. The first-order chi connectivity index (χ1) is 11.1. The third kappa shape index (κ3) is 4.00. The van der Waals surface area contributed by atoms with Gasteiger partial charge in [-0.3, -0.25) is 9.89 Å². The first-order valence-corrected chi connectivity index (χ1v) is 7.46. The van der Waals surface area contributed by atoms with E-state index in [0.29, 0.717) is 24.5 Å². The van der Waals surface area contributed by atoms with E-state index in [-0.39, 0.29) is 29.5 Å². The molecule has 1 aromatic carbocycles. The van der Waals surface area contributed by atoms with E-state index >= 15 is 0 Å². The minimum absolute atomic E-state index is 0.0635.